The van der Waals surface area contributed by atoms with Crippen LogP contribution in [0.4, 0.5) is 5.69 Å². The first kappa shape index (κ1) is 8.68. The number of fused-ring (bicyclic) bond motifs is 5. The van der Waals surface area contributed by atoms with Crippen molar-refractivity contribution in [1.82, 2.24) is 0 Å². The summed E-state index contributed by atoms with van der Waals surface area (Å²) >= 11 is 0. The van der Waals surface area contributed by atoms with Crippen molar-refractivity contribution >= 4 is 5.69 Å². The minimum Gasteiger partial charge on any atom is -0.499 e. The number of methoxy groups -OCH3 is 1. The predicted octanol–water partition coefficient (Wildman–Crippen LogP) is 2.45. The molecule has 0 saturated heterocycles. The van der Waals surface area contributed by atoms with E-state index in [2.05, 4.69) is 35.2 Å². The molecule has 0 radical (unpaired) electrons. The van der Waals surface area contributed by atoms with Gasteiger partial charge in [0.15, 0.2) is 0 Å². The molecule has 0 bridgehead atoms. The van der Waals surface area contributed by atoms with Crippen LogP contribution in [0.3, 0.4) is 0 Å². The van der Waals surface area contributed by atoms with E-state index in [0.717, 1.165) is 6.54 Å². The smallest absolute Gasteiger partial charge is 0.117 e. The van der Waals surface area contributed by atoms with Crippen LogP contribution in [0.1, 0.15) is 18.4 Å². The Labute approximate surface area is 95.5 Å². The highest BCUT2D eigenvalue weighted by Crippen LogP contribution is 2.62. The van der Waals surface area contributed by atoms with Crippen LogP contribution in [-0.2, 0) is 10.2 Å². The largest absolute Gasteiger partial charge is 0.499 e. The molecule has 2 heteroatoms. The summed E-state index contributed by atoms with van der Waals surface area (Å²) in [5.41, 5.74) is 3.35. The monoisotopic (exact) mass is 213 g/mol. The van der Waals surface area contributed by atoms with E-state index in [1.54, 1.807) is 12.7 Å². The number of nitrogens with zero attached hydrogens (tertiary/aromatic N) is 1. The summed E-state index contributed by atoms with van der Waals surface area (Å²) in [5.74, 6) is 1.17. The molecule has 2 nitrogen and oxygen atoms in total. The fourth-order valence-corrected chi connectivity index (χ4v) is 3.53. The van der Waals surface area contributed by atoms with Crippen molar-refractivity contribution < 1.29 is 4.74 Å². The van der Waals surface area contributed by atoms with Gasteiger partial charge >= 0.3 is 0 Å². The SMILES string of the molecule is COC1=CCN2c3ccccc3C3(CC3)C12. The van der Waals surface area contributed by atoms with Crippen LogP contribution in [0.2, 0.25) is 0 Å². The molecule has 1 aromatic rings. The zero-order valence-corrected chi connectivity index (χ0v) is 9.44. The van der Waals surface area contributed by atoms with Crippen molar-refractivity contribution in [3.63, 3.8) is 0 Å². The molecule has 16 heavy (non-hydrogen) atoms. The minimum absolute atomic E-state index is 0.384. The lowest BCUT2D eigenvalue weighted by atomic mass is 9.91. The van der Waals surface area contributed by atoms with Crippen molar-refractivity contribution in [2.45, 2.75) is 24.3 Å². The molecule has 3 aliphatic rings. The van der Waals surface area contributed by atoms with Gasteiger partial charge < -0.3 is 9.64 Å². The Hall–Kier alpha value is -1.44. The second-order valence-electron chi connectivity index (χ2n) is 5.04. The molecular weight excluding hydrogens is 198 g/mol. The van der Waals surface area contributed by atoms with E-state index in [1.165, 1.54) is 24.3 Å². The summed E-state index contributed by atoms with van der Waals surface area (Å²) < 4.78 is 5.55. The average molecular weight is 213 g/mol. The van der Waals surface area contributed by atoms with E-state index in [-0.39, 0.29) is 0 Å². The lowest BCUT2D eigenvalue weighted by Crippen LogP contribution is -2.35. The second-order valence-corrected chi connectivity index (χ2v) is 5.04. The van der Waals surface area contributed by atoms with Crippen molar-refractivity contribution in [1.29, 1.82) is 0 Å². The zero-order valence-electron chi connectivity index (χ0n) is 9.44. The van der Waals surface area contributed by atoms with Crippen LogP contribution >= 0.6 is 0 Å². The Morgan fingerprint density at radius 3 is 2.88 bits per heavy atom. The molecule has 1 unspecified atom stereocenters. The summed E-state index contributed by atoms with van der Waals surface area (Å²) in [5, 5.41) is 0. The van der Waals surface area contributed by atoms with Crippen LogP contribution < -0.4 is 4.90 Å². The fraction of sp³-hybridized carbons (Fsp3) is 0.429. The number of benzene rings is 1. The summed E-state index contributed by atoms with van der Waals surface area (Å²) in [4.78, 5) is 2.50. The van der Waals surface area contributed by atoms with Gasteiger partial charge in [0.05, 0.1) is 13.2 Å². The quantitative estimate of drug-likeness (QED) is 0.710. The fourth-order valence-electron chi connectivity index (χ4n) is 3.53. The van der Waals surface area contributed by atoms with Gasteiger partial charge in [0.25, 0.3) is 0 Å². The summed E-state index contributed by atoms with van der Waals surface area (Å²) in [7, 11) is 1.80. The first-order valence-electron chi connectivity index (χ1n) is 5.97. The molecule has 82 valence electrons. The van der Waals surface area contributed by atoms with Crippen LogP contribution in [0, 0.1) is 0 Å². The average Bonchev–Trinajstić information content (AvgIpc) is 2.93. The van der Waals surface area contributed by atoms with E-state index in [9.17, 15) is 0 Å². The third-order valence-electron chi connectivity index (χ3n) is 4.37. The molecule has 1 aromatic carbocycles. The van der Waals surface area contributed by atoms with Crippen LogP contribution in [0.25, 0.3) is 0 Å². The summed E-state index contributed by atoms with van der Waals surface area (Å²) in [6.45, 7) is 1.01. The Kier molecular flexibility index (Phi) is 1.42. The molecule has 1 saturated carbocycles. The van der Waals surface area contributed by atoms with Gasteiger partial charge in [-0.05, 0) is 30.5 Å². The third-order valence-corrected chi connectivity index (χ3v) is 4.37. The first-order valence-corrected chi connectivity index (χ1v) is 5.97. The highest BCUT2D eigenvalue weighted by atomic mass is 16.5. The predicted molar refractivity (Wildman–Crippen MR) is 63.6 cm³/mol. The molecule has 1 fully saturated rings. The Bertz CT molecular complexity index is 487. The number of para-hydroxylation sites is 1. The molecule has 0 aromatic heterocycles. The maximum absolute atomic E-state index is 5.55. The van der Waals surface area contributed by atoms with Gasteiger partial charge in [0.1, 0.15) is 5.76 Å². The number of hydrogen-bond acceptors (Lipinski definition) is 2. The van der Waals surface area contributed by atoms with Crippen LogP contribution in [-0.4, -0.2) is 19.7 Å². The minimum atomic E-state index is 0.384. The summed E-state index contributed by atoms with van der Waals surface area (Å²) in [6, 6.07) is 9.34. The van der Waals surface area contributed by atoms with Crippen LogP contribution in [0.15, 0.2) is 36.1 Å². The molecule has 2 heterocycles. The van der Waals surface area contributed by atoms with E-state index < -0.39 is 0 Å². The van der Waals surface area contributed by atoms with Gasteiger partial charge in [-0.3, -0.25) is 0 Å². The lowest BCUT2D eigenvalue weighted by Gasteiger charge is -2.24. The molecule has 4 rings (SSSR count). The van der Waals surface area contributed by atoms with Crippen molar-refractivity contribution in [3.05, 3.63) is 41.7 Å². The Balaban J connectivity index is 1.90. The lowest BCUT2D eigenvalue weighted by molar-refractivity contribution is 0.259. The molecule has 1 aliphatic carbocycles. The second kappa shape index (κ2) is 2.62. The van der Waals surface area contributed by atoms with Crippen LogP contribution in [0.5, 0.6) is 0 Å². The van der Waals surface area contributed by atoms with Crippen molar-refractivity contribution in [2.75, 3.05) is 18.6 Å². The summed E-state index contributed by atoms with van der Waals surface area (Å²) in [6.07, 6.45) is 4.86. The molecule has 2 aliphatic heterocycles. The van der Waals surface area contributed by atoms with Gasteiger partial charge in [0.2, 0.25) is 0 Å². The zero-order chi connectivity index (χ0) is 10.8. The van der Waals surface area contributed by atoms with E-state index >= 15 is 0 Å². The van der Waals surface area contributed by atoms with Crippen molar-refractivity contribution in [3.8, 4) is 0 Å². The molecule has 0 amide bonds. The highest BCUT2D eigenvalue weighted by molar-refractivity contribution is 5.70. The van der Waals surface area contributed by atoms with Gasteiger partial charge in [-0.1, -0.05) is 18.2 Å². The molecule has 0 N–H and O–H groups in total. The Morgan fingerprint density at radius 1 is 1.31 bits per heavy atom. The normalized spacial score (nSPS) is 27.7. The number of rotatable bonds is 1. The highest BCUT2D eigenvalue weighted by Gasteiger charge is 2.61. The maximum atomic E-state index is 5.55. The maximum Gasteiger partial charge on any atom is 0.117 e. The first-order chi connectivity index (χ1) is 7.87. The van der Waals surface area contributed by atoms with E-state index in [1.807, 2.05) is 0 Å². The number of ether oxygens (including phenoxy) is 1. The number of hydrogen-bond donors (Lipinski definition) is 0. The van der Waals surface area contributed by atoms with E-state index in [4.69, 9.17) is 4.74 Å². The standard InChI is InChI=1S/C14H15NO/c1-16-12-6-9-15-11-5-3-2-4-10(11)14(7-8-14)13(12)15/h2-6,13H,7-9H2,1H3. The molecule has 1 atom stereocenters. The van der Waals surface area contributed by atoms with Crippen molar-refractivity contribution in [2.24, 2.45) is 0 Å². The molecular formula is C14H15NO. The number of anilines is 1. The van der Waals surface area contributed by atoms with Gasteiger partial charge in [-0.25, -0.2) is 0 Å². The third kappa shape index (κ3) is 0.809. The van der Waals surface area contributed by atoms with Gasteiger partial charge in [-0.2, -0.15) is 0 Å². The van der Waals surface area contributed by atoms with Gasteiger partial charge in [-0.15, -0.1) is 0 Å². The van der Waals surface area contributed by atoms with E-state index in [0.29, 0.717) is 11.5 Å². The Morgan fingerprint density at radius 2 is 2.12 bits per heavy atom. The topological polar surface area (TPSA) is 12.5 Å². The molecule has 1 spiro atoms. The van der Waals surface area contributed by atoms with Gasteiger partial charge in [0, 0.05) is 17.6 Å².